The summed E-state index contributed by atoms with van der Waals surface area (Å²) >= 11 is 0. The van der Waals surface area contributed by atoms with Crippen LogP contribution in [0.5, 0.6) is 5.75 Å². The molecule has 15 heavy (non-hydrogen) atoms. The predicted octanol–water partition coefficient (Wildman–Crippen LogP) is 4.40. The van der Waals surface area contributed by atoms with E-state index in [2.05, 4.69) is 32.6 Å². The first-order valence-corrected chi connectivity index (χ1v) is 5.45. The third-order valence-electron chi connectivity index (χ3n) is 1.86. The van der Waals surface area contributed by atoms with Crippen LogP contribution in [0.4, 0.5) is 0 Å². The molecule has 0 N–H and O–H groups in total. The van der Waals surface area contributed by atoms with Gasteiger partial charge in [0.2, 0.25) is 0 Å². The minimum Gasteiger partial charge on any atom is -0.494 e. The van der Waals surface area contributed by atoms with Crippen molar-refractivity contribution >= 4 is 0 Å². The van der Waals surface area contributed by atoms with Crippen LogP contribution in [0, 0.1) is 0 Å². The molecule has 0 bridgehead atoms. The molecule has 0 spiro atoms. The largest absolute Gasteiger partial charge is 0.494 e. The Morgan fingerprint density at radius 3 is 2.07 bits per heavy atom. The molecule has 1 aromatic carbocycles. The first-order chi connectivity index (χ1) is 7.15. The number of benzene rings is 1. The predicted molar refractivity (Wildman–Crippen MR) is 67.6 cm³/mol. The lowest BCUT2D eigenvalue weighted by molar-refractivity contribution is 0.340. The van der Waals surface area contributed by atoms with Gasteiger partial charge in [0.1, 0.15) is 5.75 Å². The van der Waals surface area contributed by atoms with Crippen LogP contribution in [0.15, 0.2) is 36.9 Å². The summed E-state index contributed by atoms with van der Waals surface area (Å²) in [6.45, 7) is 12.4. The van der Waals surface area contributed by atoms with Gasteiger partial charge in [0.25, 0.3) is 0 Å². The standard InChI is InChI=1S/C11H16O.C3H6/c1-4-12-11-7-5-10(6-8-11)9(2)3;1-3-2/h5-9H,4H2,1-3H3;3H,1H2,2H3. The number of hydrogen-bond acceptors (Lipinski definition) is 1. The van der Waals surface area contributed by atoms with Crippen molar-refractivity contribution in [3.63, 3.8) is 0 Å². The Bertz CT molecular complexity index is 259. The molecule has 1 heteroatoms. The summed E-state index contributed by atoms with van der Waals surface area (Å²) in [5.41, 5.74) is 1.36. The summed E-state index contributed by atoms with van der Waals surface area (Å²) in [7, 11) is 0. The van der Waals surface area contributed by atoms with Gasteiger partial charge in [0, 0.05) is 0 Å². The molecule has 1 nitrogen and oxygen atoms in total. The van der Waals surface area contributed by atoms with Gasteiger partial charge in [-0.25, -0.2) is 0 Å². The van der Waals surface area contributed by atoms with Crippen LogP contribution in [0.3, 0.4) is 0 Å². The maximum Gasteiger partial charge on any atom is 0.119 e. The van der Waals surface area contributed by atoms with Gasteiger partial charge in [-0.3, -0.25) is 0 Å². The highest BCUT2D eigenvalue weighted by Crippen LogP contribution is 2.18. The van der Waals surface area contributed by atoms with E-state index in [1.165, 1.54) is 5.56 Å². The van der Waals surface area contributed by atoms with Gasteiger partial charge < -0.3 is 4.74 Å². The van der Waals surface area contributed by atoms with Crippen molar-refractivity contribution in [2.24, 2.45) is 0 Å². The molecular formula is C14H22O. The van der Waals surface area contributed by atoms with Gasteiger partial charge in [-0.05, 0) is 37.5 Å². The Kier molecular flexibility index (Phi) is 7.43. The summed E-state index contributed by atoms with van der Waals surface area (Å²) in [6.07, 6.45) is 1.75. The molecule has 0 aliphatic carbocycles. The number of allylic oxidation sites excluding steroid dienone is 1. The van der Waals surface area contributed by atoms with E-state index in [-0.39, 0.29) is 0 Å². The second-order valence-electron chi connectivity index (χ2n) is 3.56. The maximum absolute atomic E-state index is 5.34. The molecule has 0 unspecified atom stereocenters. The van der Waals surface area contributed by atoms with E-state index in [9.17, 15) is 0 Å². The third-order valence-corrected chi connectivity index (χ3v) is 1.86. The SMILES string of the molecule is C=CC.CCOc1ccc(C(C)C)cc1. The Morgan fingerprint density at radius 1 is 1.27 bits per heavy atom. The van der Waals surface area contributed by atoms with Crippen LogP contribution >= 0.6 is 0 Å². The van der Waals surface area contributed by atoms with E-state index in [1.807, 2.05) is 26.0 Å². The van der Waals surface area contributed by atoms with Crippen molar-refractivity contribution in [3.8, 4) is 5.75 Å². The van der Waals surface area contributed by atoms with Crippen molar-refractivity contribution in [2.75, 3.05) is 6.61 Å². The summed E-state index contributed by atoms with van der Waals surface area (Å²) in [4.78, 5) is 0. The van der Waals surface area contributed by atoms with Gasteiger partial charge >= 0.3 is 0 Å². The molecule has 0 radical (unpaired) electrons. The lowest BCUT2D eigenvalue weighted by Crippen LogP contribution is -1.92. The fraction of sp³-hybridized carbons (Fsp3) is 0.429. The van der Waals surface area contributed by atoms with E-state index >= 15 is 0 Å². The number of hydrogen-bond donors (Lipinski definition) is 0. The van der Waals surface area contributed by atoms with E-state index in [1.54, 1.807) is 6.08 Å². The normalized spacial score (nSPS) is 9.13. The monoisotopic (exact) mass is 206 g/mol. The van der Waals surface area contributed by atoms with E-state index in [0.717, 1.165) is 12.4 Å². The van der Waals surface area contributed by atoms with Crippen molar-refractivity contribution in [2.45, 2.75) is 33.6 Å². The average molecular weight is 206 g/mol. The molecular weight excluding hydrogens is 184 g/mol. The van der Waals surface area contributed by atoms with Crippen LogP contribution in [0.2, 0.25) is 0 Å². The molecule has 0 fully saturated rings. The second kappa shape index (κ2) is 8.10. The molecule has 1 aromatic rings. The zero-order valence-electron chi connectivity index (χ0n) is 10.3. The minimum absolute atomic E-state index is 0.598. The Labute approximate surface area is 93.8 Å². The zero-order valence-corrected chi connectivity index (χ0v) is 10.3. The van der Waals surface area contributed by atoms with Gasteiger partial charge in [-0.1, -0.05) is 32.1 Å². The van der Waals surface area contributed by atoms with E-state index in [4.69, 9.17) is 4.74 Å². The molecule has 84 valence electrons. The van der Waals surface area contributed by atoms with E-state index < -0.39 is 0 Å². The number of ether oxygens (including phenoxy) is 1. The van der Waals surface area contributed by atoms with Crippen LogP contribution < -0.4 is 4.74 Å². The Balaban J connectivity index is 0.000000583. The fourth-order valence-corrected chi connectivity index (χ4v) is 1.12. The van der Waals surface area contributed by atoms with E-state index in [0.29, 0.717) is 5.92 Å². The summed E-state index contributed by atoms with van der Waals surface area (Å²) in [6, 6.07) is 8.29. The van der Waals surface area contributed by atoms with Gasteiger partial charge in [0.15, 0.2) is 0 Å². The molecule has 0 aromatic heterocycles. The topological polar surface area (TPSA) is 9.23 Å². The highest BCUT2D eigenvalue weighted by atomic mass is 16.5. The minimum atomic E-state index is 0.598. The van der Waals surface area contributed by atoms with Crippen molar-refractivity contribution in [1.82, 2.24) is 0 Å². The highest BCUT2D eigenvalue weighted by Gasteiger charge is 1.97. The molecule has 0 aliphatic rings. The first kappa shape index (κ1) is 13.8. The summed E-state index contributed by atoms with van der Waals surface area (Å²) in [5.74, 6) is 1.56. The maximum atomic E-state index is 5.34. The molecule has 0 amide bonds. The third kappa shape index (κ3) is 5.95. The summed E-state index contributed by atoms with van der Waals surface area (Å²) < 4.78 is 5.34. The highest BCUT2D eigenvalue weighted by molar-refractivity contribution is 5.28. The fourth-order valence-electron chi connectivity index (χ4n) is 1.12. The Hall–Kier alpha value is -1.24. The lowest BCUT2D eigenvalue weighted by atomic mass is 10.0. The molecule has 1 rings (SSSR count). The average Bonchev–Trinajstić information content (AvgIpc) is 2.20. The van der Waals surface area contributed by atoms with Gasteiger partial charge in [-0.2, -0.15) is 0 Å². The van der Waals surface area contributed by atoms with Crippen molar-refractivity contribution < 1.29 is 4.74 Å². The zero-order chi connectivity index (χ0) is 11.7. The van der Waals surface area contributed by atoms with Crippen LogP contribution in [-0.4, -0.2) is 6.61 Å². The molecule has 0 saturated heterocycles. The van der Waals surface area contributed by atoms with Gasteiger partial charge in [-0.15, -0.1) is 6.58 Å². The van der Waals surface area contributed by atoms with Crippen LogP contribution in [0.1, 0.15) is 39.2 Å². The van der Waals surface area contributed by atoms with Crippen molar-refractivity contribution in [1.29, 1.82) is 0 Å². The van der Waals surface area contributed by atoms with Gasteiger partial charge in [0.05, 0.1) is 6.61 Å². The summed E-state index contributed by atoms with van der Waals surface area (Å²) in [5, 5.41) is 0. The molecule has 0 atom stereocenters. The quantitative estimate of drug-likeness (QED) is 0.666. The molecule has 0 saturated carbocycles. The Morgan fingerprint density at radius 2 is 1.73 bits per heavy atom. The second-order valence-corrected chi connectivity index (χ2v) is 3.56. The number of rotatable bonds is 3. The lowest BCUT2D eigenvalue weighted by Gasteiger charge is -2.06. The smallest absolute Gasteiger partial charge is 0.119 e. The van der Waals surface area contributed by atoms with Crippen LogP contribution in [0.25, 0.3) is 0 Å². The molecule has 0 heterocycles. The van der Waals surface area contributed by atoms with Crippen LogP contribution in [-0.2, 0) is 0 Å². The first-order valence-electron chi connectivity index (χ1n) is 5.45. The van der Waals surface area contributed by atoms with Crippen molar-refractivity contribution in [3.05, 3.63) is 42.5 Å². The molecule has 0 aliphatic heterocycles.